The van der Waals surface area contributed by atoms with Crippen LogP contribution in [-0.2, 0) is 11.1 Å². The second-order valence-electron chi connectivity index (χ2n) is 1.28. The highest BCUT2D eigenvalue weighted by Gasteiger charge is 2.06. The van der Waals surface area contributed by atoms with Crippen LogP contribution in [0.1, 0.15) is 0 Å². The Morgan fingerprint density at radius 1 is 1.60 bits per heavy atom. The Bertz CT molecular complexity index is 273. The molecule has 1 unspecified atom stereocenters. The Hall–Kier alpha value is 0.700. The molecule has 0 amide bonds. The highest BCUT2D eigenvalue weighted by Crippen LogP contribution is 2.29. The van der Waals surface area contributed by atoms with Crippen LogP contribution in [0.3, 0.4) is 0 Å². The molecule has 0 N–H and O–H groups in total. The summed E-state index contributed by atoms with van der Waals surface area (Å²) in [7, 11) is 0. The van der Waals surface area contributed by atoms with Gasteiger partial charge >= 0.3 is 0 Å². The van der Waals surface area contributed by atoms with Gasteiger partial charge in [-0.25, -0.2) is 4.98 Å². The van der Waals surface area contributed by atoms with Gasteiger partial charge in [-0.2, -0.15) is 0 Å². The maximum atomic E-state index is 10.4. The SMILES string of the molecule is O=S([O-])c1sc(Br)nc1Br. The summed E-state index contributed by atoms with van der Waals surface area (Å²) < 4.78 is 21.8. The van der Waals surface area contributed by atoms with E-state index >= 15 is 0 Å². The zero-order valence-electron chi connectivity index (χ0n) is 4.34. The molecule has 0 fully saturated rings. The standard InChI is InChI=1S/C3HBr2NO2S2/c4-1-2(10(7)8)9-3(5)6-1/h(H,7,8)/p-1. The van der Waals surface area contributed by atoms with Crippen molar-refractivity contribution in [1.82, 2.24) is 4.98 Å². The van der Waals surface area contributed by atoms with Gasteiger partial charge in [0, 0.05) is 0 Å². The van der Waals surface area contributed by atoms with Crippen molar-refractivity contribution in [3.05, 3.63) is 8.52 Å². The molecule has 0 bridgehead atoms. The molecule has 1 heterocycles. The van der Waals surface area contributed by atoms with Crippen LogP contribution < -0.4 is 0 Å². The molecule has 56 valence electrons. The molecule has 0 aliphatic heterocycles. The van der Waals surface area contributed by atoms with Crippen molar-refractivity contribution in [2.45, 2.75) is 4.21 Å². The Labute approximate surface area is 80.4 Å². The first-order valence-corrected chi connectivity index (χ1v) is 5.50. The van der Waals surface area contributed by atoms with E-state index in [4.69, 9.17) is 0 Å². The predicted octanol–water partition coefficient (Wildman–Crippen LogP) is 1.91. The van der Waals surface area contributed by atoms with Gasteiger partial charge < -0.3 is 4.55 Å². The molecule has 0 spiro atoms. The number of rotatable bonds is 1. The van der Waals surface area contributed by atoms with Crippen LogP contribution in [0.5, 0.6) is 0 Å². The Kier molecular flexibility index (Phi) is 2.99. The minimum absolute atomic E-state index is 0.215. The van der Waals surface area contributed by atoms with Gasteiger partial charge in [0.25, 0.3) is 0 Å². The van der Waals surface area contributed by atoms with Crippen LogP contribution in [-0.4, -0.2) is 13.7 Å². The van der Waals surface area contributed by atoms with E-state index in [1.54, 1.807) is 0 Å². The lowest BCUT2D eigenvalue weighted by Gasteiger charge is -1.98. The average Bonchev–Trinajstić information content (AvgIpc) is 2.10. The summed E-state index contributed by atoms with van der Waals surface area (Å²) in [6.07, 6.45) is 0. The first kappa shape index (κ1) is 8.79. The minimum atomic E-state index is -2.19. The zero-order valence-corrected chi connectivity index (χ0v) is 9.14. The molecule has 3 nitrogen and oxygen atoms in total. The van der Waals surface area contributed by atoms with Gasteiger partial charge in [-0.15, -0.1) is 0 Å². The molecule has 7 heteroatoms. The molecular formula is C3Br2NO2S2-. The van der Waals surface area contributed by atoms with E-state index in [2.05, 4.69) is 36.8 Å². The fourth-order valence-electron chi connectivity index (χ4n) is 0.367. The van der Waals surface area contributed by atoms with Crippen molar-refractivity contribution in [2.75, 3.05) is 0 Å². The first-order chi connectivity index (χ1) is 4.61. The van der Waals surface area contributed by atoms with E-state index in [1.807, 2.05) is 0 Å². The van der Waals surface area contributed by atoms with Crippen molar-refractivity contribution in [2.24, 2.45) is 0 Å². The molecule has 1 aromatic heterocycles. The lowest BCUT2D eigenvalue weighted by atomic mass is 11.0. The first-order valence-electron chi connectivity index (χ1n) is 2.02. The van der Waals surface area contributed by atoms with Crippen LogP contribution in [0, 0.1) is 0 Å². The van der Waals surface area contributed by atoms with Crippen molar-refractivity contribution < 1.29 is 8.76 Å². The van der Waals surface area contributed by atoms with Crippen LogP contribution in [0.2, 0.25) is 0 Å². The number of hydrogen-bond donors (Lipinski definition) is 0. The van der Waals surface area contributed by atoms with Gasteiger partial charge in [-0.3, -0.25) is 4.21 Å². The zero-order chi connectivity index (χ0) is 7.72. The summed E-state index contributed by atoms with van der Waals surface area (Å²) in [6.45, 7) is 0. The number of aromatic nitrogens is 1. The summed E-state index contributed by atoms with van der Waals surface area (Å²) in [5.74, 6) is 0. The van der Waals surface area contributed by atoms with E-state index in [0.717, 1.165) is 11.3 Å². The van der Waals surface area contributed by atoms with E-state index in [1.165, 1.54) is 0 Å². The van der Waals surface area contributed by atoms with Crippen molar-refractivity contribution >= 4 is 54.3 Å². The topological polar surface area (TPSA) is 53.0 Å². The highest BCUT2D eigenvalue weighted by atomic mass is 79.9. The highest BCUT2D eigenvalue weighted by molar-refractivity contribution is 9.11. The van der Waals surface area contributed by atoms with Crippen LogP contribution in [0.15, 0.2) is 12.7 Å². The second-order valence-corrected chi connectivity index (χ2v) is 5.44. The van der Waals surface area contributed by atoms with E-state index in [-0.39, 0.29) is 4.21 Å². The van der Waals surface area contributed by atoms with Crippen LogP contribution in [0.25, 0.3) is 0 Å². The maximum Gasteiger partial charge on any atom is 0.161 e. The number of thiazole rings is 1. The lowest BCUT2D eigenvalue weighted by Crippen LogP contribution is -1.83. The van der Waals surface area contributed by atoms with Gasteiger partial charge in [0.1, 0.15) is 8.81 Å². The van der Waals surface area contributed by atoms with Gasteiger partial charge in [0.05, 0.1) is 0 Å². The third kappa shape index (κ3) is 1.85. The average molecular weight is 306 g/mol. The van der Waals surface area contributed by atoms with E-state index in [9.17, 15) is 8.76 Å². The quantitative estimate of drug-likeness (QED) is 0.745. The number of halogens is 2. The van der Waals surface area contributed by atoms with Gasteiger partial charge in [-0.05, 0) is 42.9 Å². The normalized spacial score (nSPS) is 13.5. The van der Waals surface area contributed by atoms with E-state index < -0.39 is 11.1 Å². The molecule has 1 aromatic rings. The fourth-order valence-corrected chi connectivity index (χ4v) is 3.64. The van der Waals surface area contributed by atoms with Crippen molar-refractivity contribution in [1.29, 1.82) is 0 Å². The molecule has 10 heavy (non-hydrogen) atoms. The molecule has 0 saturated carbocycles. The minimum Gasteiger partial charge on any atom is -0.768 e. The Balaban J connectivity index is 3.15. The molecule has 0 saturated heterocycles. The van der Waals surface area contributed by atoms with Crippen molar-refractivity contribution in [3.8, 4) is 0 Å². The van der Waals surface area contributed by atoms with Crippen LogP contribution in [0.4, 0.5) is 0 Å². The number of nitrogens with zero attached hydrogens (tertiary/aromatic N) is 1. The summed E-state index contributed by atoms with van der Waals surface area (Å²) in [5.41, 5.74) is 0. The molecule has 0 aliphatic rings. The molecule has 1 atom stereocenters. The Morgan fingerprint density at radius 2 is 2.20 bits per heavy atom. The summed E-state index contributed by atoms with van der Waals surface area (Å²) in [4.78, 5) is 3.79. The summed E-state index contributed by atoms with van der Waals surface area (Å²) >= 11 is 4.93. The van der Waals surface area contributed by atoms with Crippen LogP contribution >= 0.6 is 43.2 Å². The Morgan fingerprint density at radius 3 is 2.40 bits per heavy atom. The van der Waals surface area contributed by atoms with E-state index in [0.29, 0.717) is 8.52 Å². The maximum absolute atomic E-state index is 10.4. The monoisotopic (exact) mass is 304 g/mol. The number of hydrogen-bond acceptors (Lipinski definition) is 4. The van der Waals surface area contributed by atoms with Gasteiger partial charge in [0.2, 0.25) is 0 Å². The third-order valence-electron chi connectivity index (χ3n) is 0.683. The van der Waals surface area contributed by atoms with Gasteiger partial charge in [0.15, 0.2) is 3.92 Å². The molecule has 0 aromatic carbocycles. The molecule has 0 radical (unpaired) electrons. The molecular weight excluding hydrogens is 306 g/mol. The predicted molar refractivity (Wildman–Crippen MR) is 44.7 cm³/mol. The molecule has 0 aliphatic carbocycles. The summed E-state index contributed by atoms with van der Waals surface area (Å²) in [5, 5.41) is 0. The van der Waals surface area contributed by atoms with Crippen molar-refractivity contribution in [3.63, 3.8) is 0 Å². The smallest absolute Gasteiger partial charge is 0.161 e. The molecule has 1 rings (SSSR count). The summed E-state index contributed by atoms with van der Waals surface area (Å²) in [6, 6.07) is 0. The lowest BCUT2D eigenvalue weighted by molar-refractivity contribution is 0.538. The third-order valence-corrected chi connectivity index (χ3v) is 4.24. The second kappa shape index (κ2) is 3.40. The largest absolute Gasteiger partial charge is 0.768 e. The van der Waals surface area contributed by atoms with Gasteiger partial charge in [-0.1, -0.05) is 11.3 Å². The fraction of sp³-hybridized carbons (Fsp3) is 0.